The number of piperazine rings is 1. The van der Waals surface area contributed by atoms with Crippen molar-refractivity contribution in [3.63, 3.8) is 0 Å². The maximum Gasteiger partial charge on any atom is 0.0110 e. The van der Waals surface area contributed by atoms with Gasteiger partial charge in [-0.1, -0.05) is 41.5 Å². The monoisotopic (exact) mass is 256 g/mol. The minimum atomic E-state index is 0.744. The first-order valence-electron chi connectivity index (χ1n) is 8.23. The molecular weight excluding hydrogens is 220 g/mol. The molecule has 0 spiro atoms. The molecule has 1 saturated heterocycles. The molecule has 0 radical (unpaired) electrons. The molecule has 0 bridgehead atoms. The van der Waals surface area contributed by atoms with E-state index in [0.29, 0.717) is 0 Å². The molecule has 110 valence electrons. The zero-order chi connectivity index (χ0) is 14.0. The number of likely N-dealkylation sites (N-methyl/N-ethyl adjacent to an activating group) is 1. The molecular formula is C16H36N2. The van der Waals surface area contributed by atoms with Crippen molar-refractivity contribution in [1.82, 2.24) is 9.80 Å². The average Bonchev–Trinajstić information content (AvgIpc) is 3.24. The second kappa shape index (κ2) is 9.80. The third-order valence-corrected chi connectivity index (χ3v) is 4.18. The van der Waals surface area contributed by atoms with E-state index in [2.05, 4.69) is 23.6 Å². The number of hydrogen-bond acceptors (Lipinski definition) is 2. The van der Waals surface area contributed by atoms with Gasteiger partial charge in [-0.05, 0) is 31.2 Å². The quantitative estimate of drug-likeness (QED) is 0.753. The fourth-order valence-corrected chi connectivity index (χ4v) is 2.54. The first-order chi connectivity index (χ1) is 8.78. The summed E-state index contributed by atoms with van der Waals surface area (Å²) in [6.45, 7) is 20.4. The summed E-state index contributed by atoms with van der Waals surface area (Å²) in [4.78, 5) is 5.24. The van der Waals surface area contributed by atoms with E-state index in [4.69, 9.17) is 0 Å². The Labute approximate surface area is 116 Å². The van der Waals surface area contributed by atoms with Gasteiger partial charge in [-0.3, -0.25) is 0 Å². The molecule has 2 rings (SSSR count). The Hall–Kier alpha value is -0.0800. The highest BCUT2D eigenvalue weighted by Gasteiger charge is 2.42. The van der Waals surface area contributed by atoms with Crippen molar-refractivity contribution in [2.45, 2.75) is 60.8 Å². The maximum atomic E-state index is 2.68. The standard InChI is InChI=1S/C12H24N2.2C2H6/c1-3-12(5-6-12)11-14-9-7-13(4-2)8-10-14;2*1-2/h3-11H2,1-2H3;2*1-2H3. The van der Waals surface area contributed by atoms with Crippen LogP contribution in [0.3, 0.4) is 0 Å². The SMILES string of the molecule is CC.CC.CCN1CCN(CC2(CC)CC2)CC1. The molecule has 2 heteroatoms. The smallest absolute Gasteiger partial charge is 0.0110 e. The third-order valence-electron chi connectivity index (χ3n) is 4.18. The molecule has 2 aliphatic rings. The fraction of sp³-hybridized carbons (Fsp3) is 1.00. The zero-order valence-electron chi connectivity index (χ0n) is 13.8. The maximum absolute atomic E-state index is 2.68. The topological polar surface area (TPSA) is 6.48 Å². The first kappa shape index (κ1) is 17.9. The van der Waals surface area contributed by atoms with Gasteiger partial charge in [0.15, 0.2) is 0 Å². The highest BCUT2D eigenvalue weighted by molar-refractivity contribution is 4.94. The molecule has 1 aliphatic carbocycles. The normalized spacial score (nSPS) is 22.3. The lowest BCUT2D eigenvalue weighted by atomic mass is 10.0. The van der Waals surface area contributed by atoms with Crippen LogP contribution in [0.1, 0.15) is 60.8 Å². The summed E-state index contributed by atoms with van der Waals surface area (Å²) in [7, 11) is 0. The Bertz CT molecular complexity index is 180. The molecule has 0 unspecified atom stereocenters. The summed E-state index contributed by atoms with van der Waals surface area (Å²) >= 11 is 0. The molecule has 18 heavy (non-hydrogen) atoms. The van der Waals surface area contributed by atoms with E-state index in [9.17, 15) is 0 Å². The summed E-state index contributed by atoms with van der Waals surface area (Å²) in [5.41, 5.74) is 0.744. The number of nitrogens with zero attached hydrogens (tertiary/aromatic N) is 2. The highest BCUT2D eigenvalue weighted by Crippen LogP contribution is 2.49. The van der Waals surface area contributed by atoms with Crippen LogP contribution in [-0.4, -0.2) is 49.1 Å². The Morgan fingerprint density at radius 1 is 0.778 bits per heavy atom. The second-order valence-electron chi connectivity index (χ2n) is 5.06. The van der Waals surface area contributed by atoms with Crippen LogP contribution < -0.4 is 0 Å². The molecule has 0 atom stereocenters. The Morgan fingerprint density at radius 2 is 1.22 bits per heavy atom. The van der Waals surface area contributed by atoms with E-state index >= 15 is 0 Å². The van der Waals surface area contributed by atoms with Gasteiger partial charge < -0.3 is 9.80 Å². The molecule has 2 nitrogen and oxygen atoms in total. The molecule has 0 aromatic heterocycles. The third kappa shape index (κ3) is 5.71. The first-order valence-corrected chi connectivity index (χ1v) is 8.23. The van der Waals surface area contributed by atoms with Crippen molar-refractivity contribution in [1.29, 1.82) is 0 Å². The average molecular weight is 256 g/mol. The molecule has 1 aliphatic heterocycles. The Balaban J connectivity index is 0.000000659. The largest absolute Gasteiger partial charge is 0.301 e. The van der Waals surface area contributed by atoms with Crippen molar-refractivity contribution >= 4 is 0 Å². The van der Waals surface area contributed by atoms with E-state index in [1.807, 2.05) is 27.7 Å². The van der Waals surface area contributed by atoms with Gasteiger partial charge in [0, 0.05) is 32.7 Å². The van der Waals surface area contributed by atoms with Crippen LogP contribution >= 0.6 is 0 Å². The summed E-state index contributed by atoms with van der Waals surface area (Å²) in [6, 6.07) is 0. The molecule has 1 saturated carbocycles. The van der Waals surface area contributed by atoms with Gasteiger partial charge >= 0.3 is 0 Å². The number of hydrogen-bond donors (Lipinski definition) is 0. The second-order valence-corrected chi connectivity index (χ2v) is 5.06. The van der Waals surface area contributed by atoms with Crippen LogP contribution in [0.2, 0.25) is 0 Å². The van der Waals surface area contributed by atoms with Gasteiger partial charge in [-0.25, -0.2) is 0 Å². The van der Waals surface area contributed by atoms with Crippen LogP contribution in [0.4, 0.5) is 0 Å². The molecule has 0 aromatic carbocycles. The van der Waals surface area contributed by atoms with Crippen molar-refractivity contribution in [2.24, 2.45) is 5.41 Å². The lowest BCUT2D eigenvalue weighted by Crippen LogP contribution is -2.47. The highest BCUT2D eigenvalue weighted by atomic mass is 15.3. The van der Waals surface area contributed by atoms with Crippen molar-refractivity contribution in [2.75, 3.05) is 39.3 Å². The van der Waals surface area contributed by atoms with Crippen molar-refractivity contribution in [3.05, 3.63) is 0 Å². The fourth-order valence-electron chi connectivity index (χ4n) is 2.54. The van der Waals surface area contributed by atoms with E-state index in [1.54, 1.807) is 0 Å². The van der Waals surface area contributed by atoms with Gasteiger partial charge in [0.25, 0.3) is 0 Å². The van der Waals surface area contributed by atoms with Gasteiger partial charge in [0.2, 0.25) is 0 Å². The van der Waals surface area contributed by atoms with Gasteiger partial charge in [-0.15, -0.1) is 0 Å². The molecule has 0 amide bonds. The molecule has 2 fully saturated rings. The van der Waals surface area contributed by atoms with E-state index in [0.717, 1.165) is 5.41 Å². The summed E-state index contributed by atoms with van der Waals surface area (Å²) in [6.07, 6.45) is 4.36. The predicted octanol–water partition coefficient (Wildman–Crippen LogP) is 3.87. The summed E-state index contributed by atoms with van der Waals surface area (Å²) < 4.78 is 0. The van der Waals surface area contributed by atoms with Crippen LogP contribution in [0.15, 0.2) is 0 Å². The lowest BCUT2D eigenvalue weighted by molar-refractivity contribution is 0.116. The molecule has 0 N–H and O–H groups in total. The lowest BCUT2D eigenvalue weighted by Gasteiger charge is -2.36. The summed E-state index contributed by atoms with van der Waals surface area (Å²) in [5.74, 6) is 0. The molecule has 0 aromatic rings. The molecule has 1 heterocycles. The van der Waals surface area contributed by atoms with Crippen LogP contribution in [-0.2, 0) is 0 Å². The van der Waals surface area contributed by atoms with E-state index in [1.165, 1.54) is 58.5 Å². The Kier molecular flexibility index (Phi) is 9.76. The van der Waals surface area contributed by atoms with Crippen LogP contribution in [0.25, 0.3) is 0 Å². The zero-order valence-corrected chi connectivity index (χ0v) is 13.8. The predicted molar refractivity (Wildman–Crippen MR) is 83.2 cm³/mol. The van der Waals surface area contributed by atoms with Crippen LogP contribution in [0.5, 0.6) is 0 Å². The van der Waals surface area contributed by atoms with Gasteiger partial charge in [0.1, 0.15) is 0 Å². The minimum Gasteiger partial charge on any atom is -0.301 e. The Morgan fingerprint density at radius 3 is 1.56 bits per heavy atom. The van der Waals surface area contributed by atoms with Gasteiger partial charge in [-0.2, -0.15) is 0 Å². The van der Waals surface area contributed by atoms with E-state index < -0.39 is 0 Å². The van der Waals surface area contributed by atoms with Crippen LogP contribution in [0, 0.1) is 5.41 Å². The van der Waals surface area contributed by atoms with Gasteiger partial charge in [0.05, 0.1) is 0 Å². The van der Waals surface area contributed by atoms with E-state index in [-0.39, 0.29) is 0 Å². The van der Waals surface area contributed by atoms with Crippen molar-refractivity contribution in [3.8, 4) is 0 Å². The summed E-state index contributed by atoms with van der Waals surface area (Å²) in [5, 5.41) is 0. The minimum absolute atomic E-state index is 0.744. The number of rotatable bonds is 4. The van der Waals surface area contributed by atoms with Crippen molar-refractivity contribution < 1.29 is 0 Å².